The van der Waals surface area contributed by atoms with Crippen LogP contribution in [-0.2, 0) is 13.5 Å². The van der Waals surface area contributed by atoms with Gasteiger partial charge in [0.1, 0.15) is 5.82 Å². The monoisotopic (exact) mass is 361 g/mol. The van der Waals surface area contributed by atoms with Crippen LogP contribution in [0.1, 0.15) is 22.7 Å². The summed E-state index contributed by atoms with van der Waals surface area (Å²) in [6, 6.07) is 15.0. The molecule has 2 aromatic heterocycles. The summed E-state index contributed by atoms with van der Waals surface area (Å²) in [5.41, 5.74) is 2.00. The van der Waals surface area contributed by atoms with E-state index >= 15 is 0 Å². The second-order valence-corrected chi connectivity index (χ2v) is 6.38. The van der Waals surface area contributed by atoms with E-state index in [-0.39, 0.29) is 17.2 Å². The molecule has 0 radical (unpaired) electrons. The summed E-state index contributed by atoms with van der Waals surface area (Å²) < 4.78 is 2.08. The third-order valence-electron chi connectivity index (χ3n) is 4.65. The molecule has 0 aliphatic heterocycles. The maximum atomic E-state index is 12.5. The summed E-state index contributed by atoms with van der Waals surface area (Å²) in [4.78, 5) is 28.9. The van der Waals surface area contributed by atoms with Crippen LogP contribution >= 0.6 is 0 Å². The molecule has 0 unspecified atom stereocenters. The van der Waals surface area contributed by atoms with Gasteiger partial charge in [-0.15, -0.1) is 0 Å². The standard InChI is InChI=1S/C20H19N5O2/c1-25-16-10-5-4-9-15(16)22-17(25)11-6-12-21-20(27)18-13-7-2-3-8-14(13)19(26)24-23-18/h2-5,7-10H,6,11-12H2,1H3,(H,21,27)(H,24,26). The van der Waals surface area contributed by atoms with E-state index in [1.807, 2.05) is 31.3 Å². The van der Waals surface area contributed by atoms with Gasteiger partial charge in [-0.2, -0.15) is 5.10 Å². The zero-order valence-corrected chi connectivity index (χ0v) is 14.9. The maximum Gasteiger partial charge on any atom is 0.272 e. The van der Waals surface area contributed by atoms with Crippen LogP contribution in [0.25, 0.3) is 21.8 Å². The van der Waals surface area contributed by atoms with E-state index in [1.165, 1.54) is 0 Å². The van der Waals surface area contributed by atoms with Crippen LogP contribution in [0, 0.1) is 0 Å². The van der Waals surface area contributed by atoms with Crippen molar-refractivity contribution >= 4 is 27.7 Å². The molecule has 27 heavy (non-hydrogen) atoms. The molecule has 0 fully saturated rings. The van der Waals surface area contributed by atoms with Gasteiger partial charge in [-0.25, -0.2) is 10.1 Å². The number of amides is 1. The number of nitrogens with zero attached hydrogens (tertiary/aromatic N) is 3. The van der Waals surface area contributed by atoms with E-state index in [0.29, 0.717) is 17.3 Å². The highest BCUT2D eigenvalue weighted by molar-refractivity contribution is 6.04. The van der Waals surface area contributed by atoms with Crippen LogP contribution in [0.15, 0.2) is 53.3 Å². The van der Waals surface area contributed by atoms with Gasteiger partial charge in [-0.1, -0.05) is 30.3 Å². The number of carbonyl (C=O) groups excluding carboxylic acids is 1. The first-order chi connectivity index (χ1) is 13.1. The van der Waals surface area contributed by atoms with Gasteiger partial charge in [-0.3, -0.25) is 9.59 Å². The van der Waals surface area contributed by atoms with Crippen molar-refractivity contribution in [3.63, 3.8) is 0 Å². The maximum absolute atomic E-state index is 12.5. The SMILES string of the molecule is Cn1c(CCCNC(=O)c2n[nH]c(=O)c3ccccc23)nc2ccccc21. The van der Waals surface area contributed by atoms with Crippen LogP contribution in [0.2, 0.25) is 0 Å². The Hall–Kier alpha value is -3.48. The fourth-order valence-corrected chi connectivity index (χ4v) is 3.24. The Labute approximate surface area is 155 Å². The minimum Gasteiger partial charge on any atom is -0.351 e. The first-order valence-electron chi connectivity index (χ1n) is 8.81. The Balaban J connectivity index is 1.42. The Morgan fingerprint density at radius 2 is 1.85 bits per heavy atom. The molecule has 0 bridgehead atoms. The molecule has 4 rings (SSSR count). The number of rotatable bonds is 5. The molecule has 4 aromatic rings. The lowest BCUT2D eigenvalue weighted by atomic mass is 10.1. The largest absolute Gasteiger partial charge is 0.351 e. The predicted octanol–water partition coefficient (Wildman–Crippen LogP) is 2.17. The molecular weight excluding hydrogens is 342 g/mol. The molecule has 2 N–H and O–H groups in total. The summed E-state index contributed by atoms with van der Waals surface area (Å²) in [5.74, 6) is 0.686. The highest BCUT2D eigenvalue weighted by Gasteiger charge is 2.13. The number of nitrogens with one attached hydrogen (secondary N) is 2. The summed E-state index contributed by atoms with van der Waals surface area (Å²) >= 11 is 0. The predicted molar refractivity (Wildman–Crippen MR) is 104 cm³/mol. The first-order valence-corrected chi connectivity index (χ1v) is 8.81. The number of aromatic nitrogens is 4. The lowest BCUT2D eigenvalue weighted by molar-refractivity contribution is 0.0949. The molecule has 0 atom stereocenters. The van der Waals surface area contributed by atoms with Gasteiger partial charge in [0, 0.05) is 25.4 Å². The molecule has 7 nitrogen and oxygen atoms in total. The number of H-pyrrole nitrogens is 1. The normalized spacial score (nSPS) is 11.1. The average Bonchev–Trinajstić information content (AvgIpc) is 3.02. The first kappa shape index (κ1) is 17.0. The van der Waals surface area contributed by atoms with Crippen LogP contribution in [0.3, 0.4) is 0 Å². The number of hydrogen-bond acceptors (Lipinski definition) is 4. The van der Waals surface area contributed by atoms with Crippen molar-refractivity contribution in [1.29, 1.82) is 0 Å². The summed E-state index contributed by atoms with van der Waals surface area (Å²) in [6.07, 6.45) is 1.51. The second kappa shape index (κ2) is 7.03. The smallest absolute Gasteiger partial charge is 0.272 e. The number of aromatic amines is 1. The molecule has 0 saturated carbocycles. The number of aryl methyl sites for hydroxylation is 2. The molecule has 136 valence electrons. The summed E-state index contributed by atoms with van der Waals surface area (Å²) in [5, 5.41) is 10.2. The minimum atomic E-state index is -0.302. The Kier molecular flexibility index (Phi) is 4.42. The zero-order chi connectivity index (χ0) is 18.8. The highest BCUT2D eigenvalue weighted by Crippen LogP contribution is 2.15. The fraction of sp³-hybridized carbons (Fsp3) is 0.200. The number of hydrogen-bond donors (Lipinski definition) is 2. The number of fused-ring (bicyclic) bond motifs is 2. The molecule has 0 spiro atoms. The Bertz CT molecular complexity index is 1190. The van der Waals surface area contributed by atoms with E-state index in [2.05, 4.69) is 25.1 Å². The van der Waals surface area contributed by atoms with Crippen LogP contribution in [0.4, 0.5) is 0 Å². The summed E-state index contributed by atoms with van der Waals surface area (Å²) in [6.45, 7) is 0.497. The number of benzene rings is 2. The quantitative estimate of drug-likeness (QED) is 0.533. The minimum absolute atomic E-state index is 0.230. The van der Waals surface area contributed by atoms with Gasteiger partial charge in [0.15, 0.2) is 5.69 Å². The van der Waals surface area contributed by atoms with Crippen molar-refractivity contribution in [2.75, 3.05) is 6.54 Å². The molecule has 1 amide bonds. The van der Waals surface area contributed by atoms with Crippen molar-refractivity contribution in [3.8, 4) is 0 Å². The molecular formula is C20H19N5O2. The Morgan fingerprint density at radius 3 is 2.67 bits per heavy atom. The molecule has 0 aliphatic rings. The van der Waals surface area contributed by atoms with E-state index in [9.17, 15) is 9.59 Å². The van der Waals surface area contributed by atoms with Gasteiger partial charge in [0.25, 0.3) is 11.5 Å². The van der Waals surface area contributed by atoms with Crippen molar-refractivity contribution in [1.82, 2.24) is 25.1 Å². The topological polar surface area (TPSA) is 92.7 Å². The van der Waals surface area contributed by atoms with Crippen molar-refractivity contribution in [2.24, 2.45) is 7.05 Å². The van der Waals surface area contributed by atoms with E-state index in [0.717, 1.165) is 29.7 Å². The summed E-state index contributed by atoms with van der Waals surface area (Å²) in [7, 11) is 2.00. The molecule has 0 aliphatic carbocycles. The van der Waals surface area contributed by atoms with Crippen molar-refractivity contribution < 1.29 is 4.79 Å². The van der Waals surface area contributed by atoms with Gasteiger partial charge >= 0.3 is 0 Å². The third-order valence-corrected chi connectivity index (χ3v) is 4.65. The van der Waals surface area contributed by atoms with Gasteiger partial charge < -0.3 is 9.88 Å². The van der Waals surface area contributed by atoms with Gasteiger partial charge in [0.2, 0.25) is 0 Å². The third kappa shape index (κ3) is 3.19. The number of imidazole rings is 1. The van der Waals surface area contributed by atoms with E-state index in [4.69, 9.17) is 0 Å². The van der Waals surface area contributed by atoms with E-state index in [1.54, 1.807) is 24.3 Å². The Morgan fingerprint density at radius 1 is 1.11 bits per heavy atom. The van der Waals surface area contributed by atoms with Crippen LogP contribution < -0.4 is 10.9 Å². The average molecular weight is 361 g/mol. The highest BCUT2D eigenvalue weighted by atomic mass is 16.2. The lowest BCUT2D eigenvalue weighted by Gasteiger charge is -2.07. The number of para-hydroxylation sites is 2. The van der Waals surface area contributed by atoms with Crippen molar-refractivity contribution in [2.45, 2.75) is 12.8 Å². The molecule has 0 saturated heterocycles. The number of carbonyl (C=O) groups is 1. The van der Waals surface area contributed by atoms with Crippen LogP contribution in [0.5, 0.6) is 0 Å². The van der Waals surface area contributed by atoms with E-state index < -0.39 is 0 Å². The fourth-order valence-electron chi connectivity index (χ4n) is 3.24. The van der Waals surface area contributed by atoms with Crippen LogP contribution in [-0.4, -0.2) is 32.2 Å². The molecule has 2 aromatic carbocycles. The van der Waals surface area contributed by atoms with Gasteiger partial charge in [0.05, 0.1) is 16.4 Å². The van der Waals surface area contributed by atoms with Gasteiger partial charge in [-0.05, 0) is 24.6 Å². The van der Waals surface area contributed by atoms with Crippen molar-refractivity contribution in [3.05, 3.63) is 70.4 Å². The molecule has 2 heterocycles. The zero-order valence-electron chi connectivity index (χ0n) is 14.9. The molecule has 7 heteroatoms. The lowest BCUT2D eigenvalue weighted by Crippen LogP contribution is -2.27. The second-order valence-electron chi connectivity index (χ2n) is 6.38.